The van der Waals surface area contributed by atoms with Crippen molar-refractivity contribution in [2.75, 3.05) is 30.0 Å². The molecule has 0 bridgehead atoms. The van der Waals surface area contributed by atoms with Crippen molar-refractivity contribution in [1.82, 2.24) is 15.0 Å². The van der Waals surface area contributed by atoms with Gasteiger partial charge >= 0.3 is 42.5 Å². The van der Waals surface area contributed by atoms with Gasteiger partial charge in [-0.25, -0.2) is 23.4 Å². The number of nitrogen functional groups attached to an aromatic ring is 1. The maximum absolute atomic E-state index is 14.4. The molecular weight excluding hydrogens is 659 g/mol. The number of rotatable bonds is 6. The van der Waals surface area contributed by atoms with Crippen LogP contribution < -0.4 is 10.6 Å². The molecule has 2 rings (SSSR count). The minimum absolute atomic E-state index is 0. The summed E-state index contributed by atoms with van der Waals surface area (Å²) in [5.74, 6) is -0.912. The van der Waals surface area contributed by atoms with Crippen LogP contribution in [0.4, 0.5) is 33.7 Å². The zero-order valence-corrected chi connectivity index (χ0v) is 20.5. The Morgan fingerprint density at radius 1 is 1.10 bits per heavy atom. The number of anilines is 2. The first-order chi connectivity index (χ1) is 13.2. The third-order valence-corrected chi connectivity index (χ3v) is 4.95. The van der Waals surface area contributed by atoms with E-state index < -0.39 is 55.5 Å². The average molecular weight is 675 g/mol. The molecule has 0 saturated heterocycles. The van der Waals surface area contributed by atoms with Gasteiger partial charge in [-0.1, -0.05) is 0 Å². The van der Waals surface area contributed by atoms with Gasteiger partial charge in [-0.2, -0.15) is 22.0 Å². The predicted molar refractivity (Wildman–Crippen MR) is 96.3 cm³/mol. The monoisotopic (exact) mass is 675 g/mol. The summed E-state index contributed by atoms with van der Waals surface area (Å²) in [4.78, 5) is 12.1. The van der Waals surface area contributed by atoms with Gasteiger partial charge < -0.3 is 24.5 Å². The summed E-state index contributed by atoms with van der Waals surface area (Å²) in [7, 11) is -4.99. The normalized spacial score (nSPS) is 12.4. The number of halogens is 5. The van der Waals surface area contributed by atoms with E-state index in [1.54, 1.807) is 0 Å². The Bertz CT molecular complexity index is 1010. The molecule has 0 unspecified atom stereocenters. The first-order valence-corrected chi connectivity index (χ1v) is 9.75. The van der Waals surface area contributed by atoms with Crippen LogP contribution in [0.3, 0.4) is 0 Å². The number of nitrogens with two attached hydrogens (primary N) is 1. The molecule has 0 radical (unpaired) electrons. The van der Waals surface area contributed by atoms with E-state index in [0.717, 1.165) is 0 Å². The SMILES string of the molecule is [CH2-]CN(C[CH2-])c1nc(-c2cnc(N)cc2C(F)(F)F)cc(C(F)(F)S(C)(=O)=O)n1.[U+2]. The van der Waals surface area contributed by atoms with Crippen molar-refractivity contribution in [3.63, 3.8) is 0 Å². The third-order valence-electron chi connectivity index (χ3n) is 3.81. The number of hydrogen-bond donors (Lipinski definition) is 1. The molecule has 14 heteroatoms. The van der Waals surface area contributed by atoms with Crippen LogP contribution in [0.25, 0.3) is 11.3 Å². The Morgan fingerprint density at radius 3 is 2.13 bits per heavy atom. The van der Waals surface area contributed by atoms with Crippen molar-refractivity contribution in [1.29, 1.82) is 0 Å². The second-order valence-corrected chi connectivity index (χ2v) is 7.92. The predicted octanol–water partition coefficient (Wildman–Crippen LogP) is 2.71. The second kappa shape index (κ2) is 9.32. The molecule has 2 heterocycles. The van der Waals surface area contributed by atoms with Gasteiger partial charge in [0.2, 0.25) is 15.8 Å². The summed E-state index contributed by atoms with van der Waals surface area (Å²) in [6.45, 7) is 6.94. The fourth-order valence-electron chi connectivity index (χ4n) is 2.27. The van der Waals surface area contributed by atoms with Crippen LogP contribution in [0.1, 0.15) is 11.3 Å². The quantitative estimate of drug-likeness (QED) is 0.372. The summed E-state index contributed by atoms with van der Waals surface area (Å²) >= 11 is 0. The molecule has 30 heavy (non-hydrogen) atoms. The average Bonchev–Trinajstić information content (AvgIpc) is 2.60. The van der Waals surface area contributed by atoms with Crippen molar-refractivity contribution in [3.8, 4) is 11.3 Å². The Balaban J connectivity index is 0.00000450. The summed E-state index contributed by atoms with van der Waals surface area (Å²) in [6, 6.07) is 0.989. The summed E-state index contributed by atoms with van der Waals surface area (Å²) in [6.07, 6.45) is -3.92. The topological polar surface area (TPSA) is 102 Å². The number of aromatic nitrogens is 3. The summed E-state index contributed by atoms with van der Waals surface area (Å²) < 4.78 is 92.2. The van der Waals surface area contributed by atoms with Crippen LogP contribution in [0, 0.1) is 45.0 Å². The molecule has 0 aliphatic heterocycles. The van der Waals surface area contributed by atoms with Gasteiger partial charge in [0.25, 0.3) is 0 Å². The van der Waals surface area contributed by atoms with Crippen molar-refractivity contribution < 1.29 is 61.5 Å². The van der Waals surface area contributed by atoms with Gasteiger partial charge in [0.15, 0.2) is 0 Å². The molecule has 2 aromatic rings. The Morgan fingerprint density at radius 2 is 1.67 bits per heavy atom. The number of sulfone groups is 1. The van der Waals surface area contributed by atoms with Gasteiger partial charge in [0, 0.05) is 18.0 Å². The van der Waals surface area contributed by atoms with E-state index in [-0.39, 0.29) is 50.5 Å². The van der Waals surface area contributed by atoms with Gasteiger partial charge in [0.1, 0.15) is 11.5 Å². The van der Waals surface area contributed by atoms with E-state index in [9.17, 15) is 30.4 Å². The fourth-order valence-corrected chi connectivity index (χ4v) is 2.76. The zero-order valence-electron chi connectivity index (χ0n) is 15.5. The Labute approximate surface area is 193 Å². The van der Waals surface area contributed by atoms with Crippen molar-refractivity contribution in [2.45, 2.75) is 11.4 Å². The number of pyridine rings is 1. The van der Waals surface area contributed by atoms with Gasteiger partial charge in [0.05, 0.1) is 11.3 Å². The van der Waals surface area contributed by atoms with E-state index in [2.05, 4.69) is 28.8 Å². The molecule has 2 aromatic heterocycles. The summed E-state index contributed by atoms with van der Waals surface area (Å²) in [5.41, 5.74) is 1.46. The standard InChI is InChI=1S/C16H16F5N5O2S.U/c1-4-26(5-2)14-24-11(7-12(25-14)16(20,21)29(3,27)28)9-8-23-13(22)6-10(9)15(17,18)19;/h6-8H,1-2,4-5H2,3H3,(H2,22,23);/q-2;+2. The maximum atomic E-state index is 14.4. The molecular formula is C16H16F5N5O2SU. The van der Waals surface area contributed by atoms with Crippen molar-refractivity contribution in [2.24, 2.45) is 0 Å². The molecule has 0 atom stereocenters. The first-order valence-electron chi connectivity index (χ1n) is 7.85. The van der Waals surface area contributed by atoms with Crippen LogP contribution in [0.15, 0.2) is 18.3 Å². The molecule has 2 N–H and O–H groups in total. The minimum Gasteiger partial charge on any atom is -0.401 e. The maximum Gasteiger partial charge on any atom is 2.00 e. The van der Waals surface area contributed by atoms with Gasteiger partial charge in [-0.15, -0.1) is 13.1 Å². The van der Waals surface area contributed by atoms with E-state index in [0.29, 0.717) is 18.3 Å². The molecule has 7 nitrogen and oxygen atoms in total. The molecule has 0 aliphatic rings. The van der Waals surface area contributed by atoms with E-state index in [1.807, 2.05) is 0 Å². The molecule has 0 amide bonds. The molecule has 0 aliphatic carbocycles. The van der Waals surface area contributed by atoms with Crippen LogP contribution in [-0.4, -0.2) is 42.7 Å². The minimum atomic E-state index is -4.99. The Hall–Kier alpha value is -1.52. The number of alkyl halides is 5. The number of nitrogens with zero attached hydrogens (tertiary/aromatic N) is 4. The van der Waals surface area contributed by atoms with Crippen molar-refractivity contribution in [3.05, 3.63) is 43.4 Å². The molecule has 0 spiro atoms. The molecule has 0 aromatic carbocycles. The van der Waals surface area contributed by atoms with Crippen LogP contribution >= 0.6 is 0 Å². The molecule has 162 valence electrons. The van der Waals surface area contributed by atoms with Crippen LogP contribution in [0.5, 0.6) is 0 Å². The van der Waals surface area contributed by atoms with E-state index >= 15 is 0 Å². The molecule has 0 saturated carbocycles. The van der Waals surface area contributed by atoms with Crippen molar-refractivity contribution >= 4 is 21.6 Å². The Kier molecular flexibility index (Phi) is 8.24. The largest absolute Gasteiger partial charge is 2.00 e. The fraction of sp³-hybridized carbons (Fsp3) is 0.312. The summed E-state index contributed by atoms with van der Waals surface area (Å²) in [5, 5.41) is -4.48. The van der Waals surface area contributed by atoms with Gasteiger partial charge in [-0.05, 0) is 12.1 Å². The van der Waals surface area contributed by atoms with Crippen LogP contribution in [0.2, 0.25) is 0 Å². The van der Waals surface area contributed by atoms with E-state index in [4.69, 9.17) is 5.73 Å². The zero-order chi connectivity index (χ0) is 22.2. The van der Waals surface area contributed by atoms with Gasteiger partial charge in [-0.3, -0.25) is 0 Å². The first kappa shape index (κ1) is 26.5. The van der Waals surface area contributed by atoms with Crippen LogP contribution in [-0.2, 0) is 21.3 Å². The second-order valence-electron chi connectivity index (χ2n) is 5.87. The number of hydrogen-bond acceptors (Lipinski definition) is 7. The van der Waals surface area contributed by atoms with E-state index in [1.165, 1.54) is 4.90 Å². The smallest absolute Gasteiger partial charge is 0.401 e. The third kappa shape index (κ3) is 5.39. The molecule has 0 fully saturated rings.